The molecule has 0 aliphatic heterocycles. The fourth-order valence-corrected chi connectivity index (χ4v) is 2.89. The Kier molecular flexibility index (Phi) is 5.62. The lowest BCUT2D eigenvalue weighted by Crippen LogP contribution is -1.91. The minimum Gasteiger partial charge on any atom is -0.332 e. The summed E-state index contributed by atoms with van der Waals surface area (Å²) < 4.78 is 0. The van der Waals surface area contributed by atoms with E-state index >= 15 is 0 Å². The number of benzene rings is 2. The number of hydrogen-bond acceptors (Lipinski definition) is 3. The van der Waals surface area contributed by atoms with E-state index in [1.165, 1.54) is 11.1 Å². The monoisotopic (exact) mass is 394 g/mol. The molecule has 0 aliphatic carbocycles. The van der Waals surface area contributed by atoms with Crippen molar-refractivity contribution in [1.82, 2.24) is 4.98 Å². The van der Waals surface area contributed by atoms with Gasteiger partial charge in [0.2, 0.25) is 0 Å². The molecule has 1 N–H and O–H groups in total. The molecule has 1 aromatic heterocycles. The molecule has 0 fully saturated rings. The van der Waals surface area contributed by atoms with E-state index in [9.17, 15) is 0 Å². The second kappa shape index (κ2) is 7.27. The van der Waals surface area contributed by atoms with Crippen LogP contribution in [0.4, 0.5) is 10.8 Å². The quantitative estimate of drug-likeness (QED) is 0.555. The summed E-state index contributed by atoms with van der Waals surface area (Å²) in [5.41, 5.74) is 5.66. The average molecular weight is 396 g/mol. The SMILES string of the molecule is Br.Cc1ccc(Nc2nc(-c3ccc(Cl)cc3)cs2)cc1C. The first-order valence-electron chi connectivity index (χ1n) is 6.67. The van der Waals surface area contributed by atoms with Crippen LogP contribution in [0, 0.1) is 13.8 Å². The molecule has 0 amide bonds. The first kappa shape index (κ1) is 17.0. The van der Waals surface area contributed by atoms with Gasteiger partial charge in [0, 0.05) is 21.7 Å². The van der Waals surface area contributed by atoms with Gasteiger partial charge in [-0.25, -0.2) is 4.98 Å². The van der Waals surface area contributed by atoms with Gasteiger partial charge in [-0.15, -0.1) is 28.3 Å². The lowest BCUT2D eigenvalue weighted by molar-refractivity contribution is 1.33. The van der Waals surface area contributed by atoms with Gasteiger partial charge >= 0.3 is 0 Å². The molecule has 0 unspecified atom stereocenters. The summed E-state index contributed by atoms with van der Waals surface area (Å²) in [6.45, 7) is 4.22. The van der Waals surface area contributed by atoms with Gasteiger partial charge in [-0.1, -0.05) is 29.8 Å². The van der Waals surface area contributed by atoms with Gasteiger partial charge < -0.3 is 5.32 Å². The summed E-state index contributed by atoms with van der Waals surface area (Å²) in [4.78, 5) is 4.62. The number of rotatable bonds is 3. The molecule has 5 heteroatoms. The van der Waals surface area contributed by atoms with Gasteiger partial charge in [-0.2, -0.15) is 0 Å². The number of hydrogen-bond donors (Lipinski definition) is 1. The molecule has 3 rings (SSSR count). The molecule has 2 aromatic carbocycles. The van der Waals surface area contributed by atoms with E-state index < -0.39 is 0 Å². The zero-order chi connectivity index (χ0) is 14.8. The Bertz CT molecular complexity index is 769. The van der Waals surface area contributed by atoms with Gasteiger partial charge in [0.05, 0.1) is 5.69 Å². The number of nitrogens with zero attached hydrogens (tertiary/aromatic N) is 1. The maximum absolute atomic E-state index is 5.91. The van der Waals surface area contributed by atoms with Crippen LogP contribution < -0.4 is 5.32 Å². The van der Waals surface area contributed by atoms with E-state index in [0.717, 1.165) is 27.1 Å². The van der Waals surface area contributed by atoms with E-state index in [4.69, 9.17) is 11.6 Å². The fraction of sp³-hybridized carbons (Fsp3) is 0.118. The Balaban J connectivity index is 0.00000176. The van der Waals surface area contributed by atoms with Crippen LogP contribution in [0.1, 0.15) is 11.1 Å². The summed E-state index contributed by atoms with van der Waals surface area (Å²) in [6.07, 6.45) is 0. The summed E-state index contributed by atoms with van der Waals surface area (Å²) in [7, 11) is 0. The standard InChI is InChI=1S/C17H15ClN2S.BrH/c1-11-3-8-15(9-12(11)2)19-17-20-16(10-21-17)13-4-6-14(18)7-5-13;/h3-10H,1-2H3,(H,19,20);1H. The molecule has 0 radical (unpaired) electrons. The minimum absolute atomic E-state index is 0. The third kappa shape index (κ3) is 3.88. The van der Waals surface area contributed by atoms with Crippen LogP contribution in [0.3, 0.4) is 0 Å². The number of halogens is 2. The first-order chi connectivity index (χ1) is 10.1. The van der Waals surface area contributed by atoms with Crippen molar-refractivity contribution in [2.75, 3.05) is 5.32 Å². The van der Waals surface area contributed by atoms with Crippen molar-refractivity contribution in [3.63, 3.8) is 0 Å². The fourth-order valence-electron chi connectivity index (χ4n) is 2.03. The van der Waals surface area contributed by atoms with Gasteiger partial charge in [0.15, 0.2) is 5.13 Å². The van der Waals surface area contributed by atoms with Crippen molar-refractivity contribution in [1.29, 1.82) is 0 Å². The molecule has 0 bridgehead atoms. The van der Waals surface area contributed by atoms with Crippen LogP contribution in [0.25, 0.3) is 11.3 Å². The van der Waals surface area contributed by atoms with E-state index in [1.54, 1.807) is 11.3 Å². The van der Waals surface area contributed by atoms with Crippen molar-refractivity contribution in [2.24, 2.45) is 0 Å². The number of aromatic nitrogens is 1. The molecule has 0 saturated heterocycles. The van der Waals surface area contributed by atoms with Crippen molar-refractivity contribution < 1.29 is 0 Å². The number of anilines is 2. The maximum atomic E-state index is 5.91. The molecule has 0 atom stereocenters. The summed E-state index contributed by atoms with van der Waals surface area (Å²) in [5.74, 6) is 0. The normalized spacial score (nSPS) is 10.1. The summed E-state index contributed by atoms with van der Waals surface area (Å²) >= 11 is 7.51. The Hall–Kier alpha value is -1.36. The number of thiazole rings is 1. The molecule has 3 aromatic rings. The maximum Gasteiger partial charge on any atom is 0.187 e. The molecule has 1 heterocycles. The van der Waals surface area contributed by atoms with Gasteiger partial charge in [-0.05, 0) is 49.2 Å². The molecule has 22 heavy (non-hydrogen) atoms. The summed E-state index contributed by atoms with van der Waals surface area (Å²) in [5, 5.41) is 7.03. The van der Waals surface area contributed by atoms with Crippen molar-refractivity contribution in [3.8, 4) is 11.3 Å². The van der Waals surface area contributed by atoms with Crippen LogP contribution >= 0.6 is 39.9 Å². The smallest absolute Gasteiger partial charge is 0.187 e. The first-order valence-corrected chi connectivity index (χ1v) is 7.93. The Morgan fingerprint density at radius 3 is 2.41 bits per heavy atom. The van der Waals surface area contributed by atoms with Crippen molar-refractivity contribution in [2.45, 2.75) is 13.8 Å². The van der Waals surface area contributed by atoms with Gasteiger partial charge in [0.1, 0.15) is 0 Å². The van der Waals surface area contributed by atoms with E-state index in [0.29, 0.717) is 0 Å². The predicted molar refractivity (Wildman–Crippen MR) is 102 cm³/mol. The predicted octanol–water partition coefficient (Wildman–Crippen LogP) is 6.40. The average Bonchev–Trinajstić information content (AvgIpc) is 2.92. The lowest BCUT2D eigenvalue weighted by Gasteiger charge is -2.05. The highest BCUT2D eigenvalue weighted by atomic mass is 79.9. The Morgan fingerprint density at radius 1 is 1.00 bits per heavy atom. The number of nitrogens with one attached hydrogen (secondary N) is 1. The zero-order valence-electron chi connectivity index (χ0n) is 12.3. The molecular weight excluding hydrogens is 380 g/mol. The van der Waals surface area contributed by atoms with Crippen LogP contribution in [-0.4, -0.2) is 4.98 Å². The zero-order valence-corrected chi connectivity index (χ0v) is 15.5. The van der Waals surface area contributed by atoms with Crippen molar-refractivity contribution >= 4 is 50.7 Å². The molecule has 2 nitrogen and oxygen atoms in total. The molecule has 0 saturated carbocycles. The molecule has 114 valence electrons. The highest BCUT2D eigenvalue weighted by molar-refractivity contribution is 8.93. The Labute approximate surface area is 150 Å². The largest absolute Gasteiger partial charge is 0.332 e. The number of aryl methyl sites for hydroxylation is 2. The van der Waals surface area contributed by atoms with E-state index in [2.05, 4.69) is 42.3 Å². The third-order valence-electron chi connectivity index (χ3n) is 3.40. The topological polar surface area (TPSA) is 24.9 Å². The second-order valence-corrected chi connectivity index (χ2v) is 6.26. The van der Waals surface area contributed by atoms with Crippen LogP contribution in [-0.2, 0) is 0 Å². The summed E-state index contributed by atoms with van der Waals surface area (Å²) in [6, 6.07) is 14.1. The highest BCUT2D eigenvalue weighted by Gasteiger charge is 2.05. The van der Waals surface area contributed by atoms with E-state index in [-0.39, 0.29) is 17.0 Å². The highest BCUT2D eigenvalue weighted by Crippen LogP contribution is 2.28. The molecular formula is C17H16BrClN2S. The van der Waals surface area contributed by atoms with Crippen LogP contribution in [0.15, 0.2) is 47.8 Å². The van der Waals surface area contributed by atoms with Crippen molar-refractivity contribution in [3.05, 3.63) is 64.0 Å². The van der Waals surface area contributed by atoms with Crippen LogP contribution in [0.2, 0.25) is 5.02 Å². The molecule has 0 spiro atoms. The van der Waals surface area contributed by atoms with Crippen LogP contribution in [0.5, 0.6) is 0 Å². The Morgan fingerprint density at radius 2 is 1.73 bits per heavy atom. The van der Waals surface area contributed by atoms with Gasteiger partial charge in [0.25, 0.3) is 0 Å². The lowest BCUT2D eigenvalue weighted by atomic mass is 10.1. The van der Waals surface area contributed by atoms with E-state index in [1.807, 2.05) is 29.6 Å². The second-order valence-electron chi connectivity index (χ2n) is 4.97. The third-order valence-corrected chi connectivity index (χ3v) is 4.41. The minimum atomic E-state index is 0. The van der Waals surface area contributed by atoms with Gasteiger partial charge in [-0.3, -0.25) is 0 Å². The molecule has 0 aliphatic rings.